The Bertz CT molecular complexity index is 1830. The molecule has 0 aliphatic heterocycles. The highest BCUT2D eigenvalue weighted by atomic mass is 79.9. The Labute approximate surface area is 469 Å². The molecule has 36 nitrogen and oxygen atoms in total. The summed E-state index contributed by atoms with van der Waals surface area (Å²) in [5, 5.41) is 47.7. The van der Waals surface area contributed by atoms with E-state index in [0.29, 0.717) is 82.8 Å². The smallest absolute Gasteiger partial charge is 0.410 e. The van der Waals surface area contributed by atoms with Crippen molar-refractivity contribution in [1.82, 2.24) is 21.3 Å². The molecule has 79 heavy (non-hydrogen) atoms. The summed E-state index contributed by atoms with van der Waals surface area (Å²) < 4.78 is 33.0. The number of nitrogens with zero attached hydrogens (tertiary/aromatic N) is 12. The van der Waals surface area contributed by atoms with E-state index in [1.165, 1.54) is 0 Å². The number of aliphatic carboxylic acids is 1. The lowest BCUT2D eigenvalue weighted by atomic mass is 10.1. The summed E-state index contributed by atoms with van der Waals surface area (Å²) in [4.78, 5) is 96.3. The van der Waals surface area contributed by atoms with Crippen molar-refractivity contribution in [2.75, 3.05) is 84.2 Å². The molecule has 0 saturated carbocycles. The van der Waals surface area contributed by atoms with Crippen LogP contribution in [0.25, 0.3) is 41.8 Å². The fraction of sp³-hybridized carbons (Fsp3) is 0.805. The zero-order valence-corrected chi connectivity index (χ0v) is 47.5. The molecule has 0 aromatic heterocycles. The summed E-state index contributed by atoms with van der Waals surface area (Å²) in [5.41, 5.74) is 39.9. The highest BCUT2D eigenvalue weighted by Crippen LogP contribution is 2.10. The van der Waals surface area contributed by atoms with E-state index in [2.05, 4.69) is 86.8 Å². The van der Waals surface area contributed by atoms with Gasteiger partial charge >= 0.3 is 35.8 Å². The number of carboxylic acids is 1. The van der Waals surface area contributed by atoms with Crippen LogP contribution in [0.2, 0.25) is 0 Å². The van der Waals surface area contributed by atoms with E-state index in [0.717, 1.165) is 6.42 Å². The highest BCUT2D eigenvalue weighted by Gasteiger charge is 2.23. The van der Waals surface area contributed by atoms with Gasteiger partial charge in [-0.1, -0.05) is 36.4 Å². The second kappa shape index (κ2) is 61.7. The Balaban J connectivity index is -0.000000220. The fourth-order valence-corrected chi connectivity index (χ4v) is 4.25. The molecule has 0 spiro atoms. The van der Waals surface area contributed by atoms with Crippen LogP contribution in [0.5, 0.6) is 0 Å². The normalized spacial score (nSPS) is 10.7. The van der Waals surface area contributed by atoms with Crippen molar-refractivity contribution in [3.8, 4) is 0 Å². The average molecular weight is 1230 g/mol. The number of azide groups is 4. The molecule has 0 aromatic carbocycles. The minimum atomic E-state index is -1.06. The third kappa shape index (κ3) is 82.3. The Morgan fingerprint density at radius 2 is 1.03 bits per heavy atom. The van der Waals surface area contributed by atoms with Gasteiger partial charge in [-0.3, -0.25) is 20.6 Å². The van der Waals surface area contributed by atoms with Gasteiger partial charge < -0.3 is 70.2 Å². The zero-order chi connectivity index (χ0) is 61.6. The average Bonchev–Trinajstić information content (AvgIpc) is 3.36. The van der Waals surface area contributed by atoms with Gasteiger partial charge in [0.2, 0.25) is 0 Å². The first-order chi connectivity index (χ1) is 37.3. The molecule has 0 rings (SSSR count). The molecule has 38 heteroatoms. The molecule has 3 atom stereocenters. The van der Waals surface area contributed by atoms with Crippen molar-refractivity contribution >= 4 is 76.2 Å². The number of aliphatic hydroxyl groups is 2. The van der Waals surface area contributed by atoms with Crippen LogP contribution in [-0.4, -0.2) is 178 Å². The Kier molecular flexibility index (Phi) is 64.9. The predicted molar refractivity (Wildman–Crippen MR) is 287 cm³/mol. The topological polar surface area (TPSA) is 557 Å². The number of hydrogen-bond donors (Lipinski definition) is 9. The maximum atomic E-state index is 11.6. The number of carboxylic acid groups (broad SMARTS) is 1. The molecule has 0 aliphatic rings. The number of ether oxygens (including phenoxy) is 7. The van der Waals surface area contributed by atoms with Crippen LogP contribution in [0.1, 0.15) is 99.3 Å². The van der Waals surface area contributed by atoms with E-state index in [1.807, 2.05) is 0 Å². The Morgan fingerprint density at radius 3 is 1.38 bits per heavy atom. The summed E-state index contributed by atoms with van der Waals surface area (Å²) in [6.07, 6.45) is 1.26. The molecule has 0 radical (unpaired) electrons. The van der Waals surface area contributed by atoms with Crippen molar-refractivity contribution in [3.05, 3.63) is 41.8 Å². The second-order valence-electron chi connectivity index (χ2n) is 16.1. The number of unbranched alkanes of at least 4 members (excludes halogenated alkanes) is 3. The minimum absolute atomic E-state index is 0.00491. The van der Waals surface area contributed by atoms with Gasteiger partial charge in [0.15, 0.2) is 12.5 Å². The van der Waals surface area contributed by atoms with Crippen molar-refractivity contribution < 1.29 is 86.8 Å². The number of aliphatic hydroxyl groups excluding tert-OH is 2. The first-order valence-electron chi connectivity index (χ1n) is 23.7. The molecular weight excluding hydrogens is 1150 g/mol. The predicted octanol–water partition coefficient (Wildman–Crippen LogP) is 6.30. The van der Waals surface area contributed by atoms with Gasteiger partial charge in [0.1, 0.15) is 17.2 Å². The first-order valence-corrected chi connectivity index (χ1v) is 25.1. The van der Waals surface area contributed by atoms with Gasteiger partial charge in [0.05, 0.1) is 46.1 Å². The number of hydrogen-bond acceptors (Lipinski definition) is 23. The summed E-state index contributed by atoms with van der Waals surface area (Å²) in [6, 6.07) is -0.920. The molecule has 11 N–H and O–H groups in total. The number of amides is 4. The third-order valence-electron chi connectivity index (χ3n) is 7.20. The van der Waals surface area contributed by atoms with Crippen LogP contribution in [0.15, 0.2) is 20.5 Å². The lowest BCUT2D eigenvalue weighted by Gasteiger charge is -2.22. The van der Waals surface area contributed by atoms with Crippen molar-refractivity contribution in [2.24, 2.45) is 31.9 Å². The summed E-state index contributed by atoms with van der Waals surface area (Å²) in [5.74, 6) is -1.06. The number of nitrogens with two attached hydrogens (primary N) is 2. The monoisotopic (exact) mass is 1220 g/mol. The third-order valence-corrected chi connectivity index (χ3v) is 7.67. The van der Waals surface area contributed by atoms with Crippen LogP contribution in [-0.2, 0) is 47.5 Å². The molecule has 0 saturated heterocycles. The van der Waals surface area contributed by atoms with Gasteiger partial charge in [-0.2, -0.15) is 0 Å². The lowest BCUT2D eigenvalue weighted by Crippen LogP contribution is -2.43. The van der Waals surface area contributed by atoms with Crippen LogP contribution < -0.4 is 32.7 Å². The van der Waals surface area contributed by atoms with E-state index >= 15 is 0 Å². The maximum absolute atomic E-state index is 11.6. The van der Waals surface area contributed by atoms with Gasteiger partial charge in [-0.15, -0.1) is 0 Å². The molecule has 0 aliphatic carbocycles. The van der Waals surface area contributed by atoms with Crippen LogP contribution >= 0.6 is 27.5 Å². The first kappa shape index (κ1) is 83.1. The molecule has 2 unspecified atom stereocenters. The summed E-state index contributed by atoms with van der Waals surface area (Å²) in [7, 11) is 0. The molecule has 0 fully saturated rings. The van der Waals surface area contributed by atoms with Crippen LogP contribution in [0, 0.1) is 0 Å². The van der Waals surface area contributed by atoms with Gasteiger partial charge in [-0.05, 0) is 122 Å². The van der Waals surface area contributed by atoms with Crippen molar-refractivity contribution in [3.63, 3.8) is 0 Å². The van der Waals surface area contributed by atoms with E-state index in [-0.39, 0.29) is 65.7 Å². The number of alkyl carbamates (subject to hydrolysis) is 4. The highest BCUT2D eigenvalue weighted by molar-refractivity contribution is 9.09. The van der Waals surface area contributed by atoms with Gasteiger partial charge in [-0.25, -0.2) is 28.8 Å². The number of halogens is 2. The minimum Gasteiger partial charge on any atom is -0.480 e. The maximum Gasteiger partial charge on any atom is 0.410 e. The summed E-state index contributed by atoms with van der Waals surface area (Å²) >= 11 is 7.76. The largest absolute Gasteiger partial charge is 0.480 e. The second-order valence-corrected chi connectivity index (χ2v) is 17.2. The van der Waals surface area contributed by atoms with Gasteiger partial charge in [0, 0.05) is 69.2 Å². The molecule has 0 bridgehead atoms. The Morgan fingerprint density at radius 1 is 0.620 bits per heavy atom. The van der Waals surface area contributed by atoms with Crippen LogP contribution in [0.3, 0.4) is 0 Å². The number of carbonyl (C=O) groups excluding carboxylic acids is 7. The van der Waals surface area contributed by atoms with E-state index in [1.54, 1.807) is 41.5 Å². The Hall–Kier alpha value is -7.19. The molecule has 0 aromatic rings. The number of alkyl halides is 1. The van der Waals surface area contributed by atoms with Crippen molar-refractivity contribution in [1.29, 1.82) is 0 Å². The van der Waals surface area contributed by atoms with Crippen molar-refractivity contribution in [2.45, 2.75) is 129 Å². The standard InChI is InChI=1S/C14H25N5O6.C11H22N2O4.C9H17N5O4.C3H4ClN3O2.C2H5BrO.C2H5N3O/c1-14(2,3)25-13(22)18-11(24-10-20)6-4-5-7-16-12(21)23-9-8-17-19-15;1-11(2,3)17-10(16)13-8(9(14)15)6-4-5-7-12;10-8(18-7-15)3-1-2-4-12-9(16)17-6-5-13-14-11;4-3(8)9-2-1-6-7-5;3-1-2-4;3-5-4-1-2-6/h10-11H,4-9H2,1-3H3,(H,16,21)(H,18,22);8H,4-7,12H2,1-3H3,(H,13,16)(H,14,15);7-8H,1-6,10H2,(H,12,16);1-2H2;4H,1-2H2;6H,1-2H2/t;8-;;;;/m.0..../s1. The molecule has 4 amide bonds. The molecule has 0 heterocycles. The van der Waals surface area contributed by atoms with Gasteiger partial charge in [0.25, 0.3) is 12.9 Å². The number of carbonyl (C=O) groups is 8. The molecular formula is C41H78BrClN18O18. The SMILES string of the molecule is CC(C)(C)OC(=O)NC(CCCCNC(=O)OCCN=[N+]=[N-])OC=O.CC(C)(C)OC(=O)N[C@@H](CCCCN)C(=O)O.OCCBr.[N-]=[N+]=NCCO.[N-]=[N+]=NCCOC(=O)Cl.[N-]=[N+]=NCCOC(=O)NCCCCC(N)OC=O. The van der Waals surface area contributed by atoms with Crippen LogP contribution in [0.4, 0.5) is 24.0 Å². The van der Waals surface area contributed by atoms with E-state index in [4.69, 9.17) is 84.2 Å². The van der Waals surface area contributed by atoms with E-state index < -0.39 is 65.5 Å². The fourth-order valence-electron chi connectivity index (χ4n) is 4.18. The number of rotatable bonds is 33. The van der Waals surface area contributed by atoms with E-state index in [9.17, 15) is 38.4 Å². The quantitative estimate of drug-likeness (QED) is 0.00401. The molecule has 454 valence electrons. The lowest BCUT2D eigenvalue weighted by molar-refractivity contribution is -0.140. The zero-order valence-electron chi connectivity index (χ0n) is 45.2. The summed E-state index contributed by atoms with van der Waals surface area (Å²) in [6.45, 7) is 12.9. The number of nitrogens with one attached hydrogen (secondary N) is 4.